The summed E-state index contributed by atoms with van der Waals surface area (Å²) in [7, 11) is 1.96. The van der Waals surface area contributed by atoms with Gasteiger partial charge in [-0.05, 0) is 14.0 Å². The lowest BCUT2D eigenvalue weighted by molar-refractivity contribution is 0.500. The van der Waals surface area contributed by atoms with Crippen LogP contribution in [0, 0.1) is 5.41 Å². The molecule has 60 valence electrons. The summed E-state index contributed by atoms with van der Waals surface area (Å²) in [6, 6.07) is 0. The van der Waals surface area contributed by atoms with Crippen LogP contribution < -0.4 is 5.32 Å². The molecule has 0 saturated heterocycles. The highest BCUT2D eigenvalue weighted by Gasteiger charge is 2.11. The van der Waals surface area contributed by atoms with Gasteiger partial charge < -0.3 is 5.32 Å². The number of hydrogen-bond donors (Lipinski definition) is 1. The molecule has 0 bridgehead atoms. The molecule has 0 aliphatic carbocycles. The summed E-state index contributed by atoms with van der Waals surface area (Å²) in [5.74, 6) is 0. The fourth-order valence-electron chi connectivity index (χ4n) is 0.840. The smallest absolute Gasteiger partial charge is 0.0357 e. The lowest BCUT2D eigenvalue weighted by atomic mass is 9.95. The first-order valence-electron chi connectivity index (χ1n) is 3.78. The van der Waals surface area contributed by atoms with E-state index in [1.165, 1.54) is 0 Å². The molecule has 0 aliphatic rings. The Kier molecular flexibility index (Phi) is 4.28. The van der Waals surface area contributed by atoms with Gasteiger partial charge in [-0.25, -0.2) is 0 Å². The van der Waals surface area contributed by atoms with Crippen LogP contribution in [-0.2, 0) is 0 Å². The van der Waals surface area contributed by atoms with Gasteiger partial charge in [0.05, 0.1) is 0 Å². The van der Waals surface area contributed by atoms with Crippen LogP contribution in [-0.4, -0.2) is 26.4 Å². The fourth-order valence-corrected chi connectivity index (χ4v) is 0.840. The average Bonchev–Trinajstić information content (AvgIpc) is 1.84. The van der Waals surface area contributed by atoms with E-state index in [1.807, 2.05) is 20.2 Å². The molecular formula is C8H18N2. The summed E-state index contributed by atoms with van der Waals surface area (Å²) in [6.07, 6.45) is 2.02. The Morgan fingerprint density at radius 2 is 2.10 bits per heavy atom. The maximum atomic E-state index is 4.20. The van der Waals surface area contributed by atoms with Crippen molar-refractivity contribution in [2.45, 2.75) is 20.8 Å². The molecule has 0 aromatic heterocycles. The monoisotopic (exact) mass is 142 g/mol. The predicted molar refractivity (Wildman–Crippen MR) is 46.7 cm³/mol. The molecule has 0 fully saturated rings. The lowest BCUT2D eigenvalue weighted by Gasteiger charge is -2.17. The summed E-state index contributed by atoms with van der Waals surface area (Å²) in [4.78, 5) is 4.20. The van der Waals surface area contributed by atoms with Gasteiger partial charge in [0.25, 0.3) is 0 Å². The van der Waals surface area contributed by atoms with Crippen molar-refractivity contribution in [1.29, 1.82) is 0 Å². The maximum absolute atomic E-state index is 4.20. The predicted octanol–water partition coefficient (Wildman–Crippen LogP) is 1.32. The van der Waals surface area contributed by atoms with Crippen LogP contribution >= 0.6 is 0 Å². The van der Waals surface area contributed by atoms with Gasteiger partial charge in [0, 0.05) is 24.7 Å². The first kappa shape index (κ1) is 9.63. The zero-order valence-electron chi connectivity index (χ0n) is 7.44. The van der Waals surface area contributed by atoms with E-state index in [9.17, 15) is 0 Å². The molecule has 0 aromatic rings. The average molecular weight is 142 g/mol. The van der Waals surface area contributed by atoms with Crippen LogP contribution in [0.3, 0.4) is 0 Å². The molecule has 0 unspecified atom stereocenters. The number of aliphatic imine (C=N–C) groups is 1. The second kappa shape index (κ2) is 4.45. The zero-order valence-corrected chi connectivity index (χ0v) is 7.44. The minimum Gasteiger partial charge on any atom is -0.319 e. The van der Waals surface area contributed by atoms with Crippen molar-refractivity contribution in [3.05, 3.63) is 0 Å². The Morgan fingerprint density at radius 1 is 1.50 bits per heavy atom. The third-order valence-electron chi connectivity index (χ3n) is 1.26. The number of nitrogens with zero attached hydrogens (tertiary/aromatic N) is 1. The Hall–Kier alpha value is -0.370. The SMILES string of the molecule is CCN=CC(C)(C)CNC. The van der Waals surface area contributed by atoms with Crippen molar-refractivity contribution in [1.82, 2.24) is 5.32 Å². The third kappa shape index (κ3) is 4.50. The number of rotatable bonds is 4. The van der Waals surface area contributed by atoms with Crippen LogP contribution in [0.4, 0.5) is 0 Å². The van der Waals surface area contributed by atoms with Crippen LogP contribution in [0.2, 0.25) is 0 Å². The standard InChI is InChI=1S/C8H18N2/c1-5-10-7-8(2,3)6-9-4/h7,9H,5-6H2,1-4H3. The Labute approximate surface area is 63.7 Å². The van der Waals surface area contributed by atoms with Crippen LogP contribution in [0.15, 0.2) is 4.99 Å². The molecule has 1 N–H and O–H groups in total. The van der Waals surface area contributed by atoms with Crippen LogP contribution in [0.5, 0.6) is 0 Å². The van der Waals surface area contributed by atoms with E-state index in [0.29, 0.717) is 0 Å². The van der Waals surface area contributed by atoms with Crippen molar-refractivity contribution < 1.29 is 0 Å². The topological polar surface area (TPSA) is 24.4 Å². The minimum atomic E-state index is 0.199. The number of hydrogen-bond acceptors (Lipinski definition) is 2. The Morgan fingerprint density at radius 3 is 2.50 bits per heavy atom. The van der Waals surface area contributed by atoms with E-state index >= 15 is 0 Å². The minimum absolute atomic E-state index is 0.199. The number of nitrogens with one attached hydrogen (secondary N) is 1. The molecule has 0 aliphatic heterocycles. The summed E-state index contributed by atoms with van der Waals surface area (Å²) >= 11 is 0. The van der Waals surface area contributed by atoms with Gasteiger partial charge in [0.2, 0.25) is 0 Å². The largest absolute Gasteiger partial charge is 0.319 e. The summed E-state index contributed by atoms with van der Waals surface area (Å²) < 4.78 is 0. The highest BCUT2D eigenvalue weighted by atomic mass is 14.8. The van der Waals surface area contributed by atoms with Gasteiger partial charge in [-0.2, -0.15) is 0 Å². The molecule has 0 heterocycles. The van der Waals surface area contributed by atoms with Gasteiger partial charge in [-0.1, -0.05) is 13.8 Å². The van der Waals surface area contributed by atoms with Crippen LogP contribution in [0.25, 0.3) is 0 Å². The molecule has 0 spiro atoms. The Balaban J connectivity index is 3.73. The van der Waals surface area contributed by atoms with E-state index in [1.54, 1.807) is 0 Å². The maximum Gasteiger partial charge on any atom is 0.0357 e. The molecule has 0 saturated carbocycles. The normalized spacial score (nSPS) is 12.8. The van der Waals surface area contributed by atoms with E-state index in [0.717, 1.165) is 13.1 Å². The van der Waals surface area contributed by atoms with E-state index in [4.69, 9.17) is 0 Å². The summed E-state index contributed by atoms with van der Waals surface area (Å²) in [6.45, 7) is 8.25. The molecule has 0 radical (unpaired) electrons. The van der Waals surface area contributed by atoms with E-state index in [2.05, 4.69) is 24.2 Å². The molecule has 0 aromatic carbocycles. The second-order valence-electron chi connectivity index (χ2n) is 3.15. The second-order valence-corrected chi connectivity index (χ2v) is 3.15. The molecule has 0 amide bonds. The van der Waals surface area contributed by atoms with Gasteiger partial charge in [-0.15, -0.1) is 0 Å². The van der Waals surface area contributed by atoms with Crippen molar-refractivity contribution in [3.8, 4) is 0 Å². The highest BCUT2D eigenvalue weighted by molar-refractivity contribution is 5.64. The van der Waals surface area contributed by atoms with Gasteiger partial charge in [-0.3, -0.25) is 4.99 Å². The van der Waals surface area contributed by atoms with Crippen LogP contribution in [0.1, 0.15) is 20.8 Å². The quantitative estimate of drug-likeness (QED) is 0.588. The molecule has 0 rings (SSSR count). The van der Waals surface area contributed by atoms with Gasteiger partial charge >= 0.3 is 0 Å². The Bertz CT molecular complexity index is 106. The van der Waals surface area contributed by atoms with Crippen molar-refractivity contribution >= 4 is 6.21 Å². The highest BCUT2D eigenvalue weighted by Crippen LogP contribution is 2.08. The molecular weight excluding hydrogens is 124 g/mol. The summed E-state index contributed by atoms with van der Waals surface area (Å²) in [5, 5.41) is 3.13. The summed E-state index contributed by atoms with van der Waals surface area (Å²) in [5.41, 5.74) is 0.199. The first-order valence-corrected chi connectivity index (χ1v) is 3.78. The molecule has 2 nitrogen and oxygen atoms in total. The molecule has 0 atom stereocenters. The molecule has 10 heavy (non-hydrogen) atoms. The molecule has 2 heteroatoms. The zero-order chi connectivity index (χ0) is 8.04. The van der Waals surface area contributed by atoms with Gasteiger partial charge in [0.1, 0.15) is 0 Å². The van der Waals surface area contributed by atoms with Crippen molar-refractivity contribution in [2.24, 2.45) is 10.4 Å². The van der Waals surface area contributed by atoms with Crippen molar-refractivity contribution in [3.63, 3.8) is 0 Å². The van der Waals surface area contributed by atoms with Gasteiger partial charge in [0.15, 0.2) is 0 Å². The fraction of sp³-hybridized carbons (Fsp3) is 0.875. The lowest BCUT2D eigenvalue weighted by Crippen LogP contribution is -2.27. The first-order chi connectivity index (χ1) is 4.62. The van der Waals surface area contributed by atoms with E-state index in [-0.39, 0.29) is 5.41 Å². The van der Waals surface area contributed by atoms with Crippen molar-refractivity contribution in [2.75, 3.05) is 20.1 Å². The third-order valence-corrected chi connectivity index (χ3v) is 1.26. The van der Waals surface area contributed by atoms with E-state index < -0.39 is 0 Å².